The van der Waals surface area contributed by atoms with Gasteiger partial charge in [-0.05, 0) is 18.8 Å². The van der Waals surface area contributed by atoms with Gasteiger partial charge < -0.3 is 10.6 Å². The first-order valence-electron chi connectivity index (χ1n) is 5.69. The summed E-state index contributed by atoms with van der Waals surface area (Å²) in [5, 5.41) is 0. The lowest BCUT2D eigenvalue weighted by molar-refractivity contribution is 0.0713. The Morgan fingerprint density at radius 3 is 2.38 bits per heavy atom. The standard InChI is InChI=1S/C11H22N2/c1-10-7-13(8-10)9-11(12)5-3-2-4-6-11/h10H,2-9,12H2,1H3. The van der Waals surface area contributed by atoms with Gasteiger partial charge in [0, 0.05) is 25.2 Å². The quantitative estimate of drug-likeness (QED) is 0.703. The zero-order valence-electron chi connectivity index (χ0n) is 8.76. The van der Waals surface area contributed by atoms with Gasteiger partial charge in [-0.15, -0.1) is 0 Å². The van der Waals surface area contributed by atoms with Gasteiger partial charge in [-0.25, -0.2) is 0 Å². The van der Waals surface area contributed by atoms with Crippen LogP contribution in [0.15, 0.2) is 0 Å². The van der Waals surface area contributed by atoms with E-state index in [9.17, 15) is 0 Å². The lowest BCUT2D eigenvalue weighted by Gasteiger charge is -2.44. The SMILES string of the molecule is CC1CN(CC2(N)CCCCC2)C1. The molecule has 2 aliphatic rings. The summed E-state index contributed by atoms with van der Waals surface area (Å²) in [6.45, 7) is 6.02. The Hall–Kier alpha value is -0.0800. The van der Waals surface area contributed by atoms with Crippen LogP contribution in [-0.4, -0.2) is 30.1 Å². The number of nitrogens with two attached hydrogens (primary N) is 1. The number of rotatable bonds is 2. The summed E-state index contributed by atoms with van der Waals surface area (Å²) < 4.78 is 0. The van der Waals surface area contributed by atoms with Crippen molar-refractivity contribution in [3.8, 4) is 0 Å². The van der Waals surface area contributed by atoms with Crippen LogP contribution < -0.4 is 5.73 Å². The van der Waals surface area contributed by atoms with Gasteiger partial charge in [0.15, 0.2) is 0 Å². The lowest BCUT2D eigenvalue weighted by atomic mass is 9.81. The third-order valence-electron chi connectivity index (χ3n) is 3.53. The number of likely N-dealkylation sites (tertiary alicyclic amines) is 1. The fourth-order valence-corrected chi connectivity index (χ4v) is 2.82. The number of nitrogens with zero attached hydrogens (tertiary/aromatic N) is 1. The number of hydrogen-bond donors (Lipinski definition) is 1. The van der Waals surface area contributed by atoms with Crippen molar-refractivity contribution in [1.82, 2.24) is 4.90 Å². The molecule has 13 heavy (non-hydrogen) atoms. The zero-order valence-corrected chi connectivity index (χ0v) is 8.76. The Morgan fingerprint density at radius 1 is 1.23 bits per heavy atom. The predicted octanol–water partition coefficient (Wildman–Crippen LogP) is 1.60. The molecule has 0 atom stereocenters. The summed E-state index contributed by atoms with van der Waals surface area (Å²) in [6.07, 6.45) is 6.59. The highest BCUT2D eigenvalue weighted by Gasteiger charge is 2.33. The summed E-state index contributed by atoms with van der Waals surface area (Å²) in [4.78, 5) is 2.52. The van der Waals surface area contributed by atoms with Crippen molar-refractivity contribution in [1.29, 1.82) is 0 Å². The van der Waals surface area contributed by atoms with Crippen LogP contribution in [0.25, 0.3) is 0 Å². The molecule has 2 heteroatoms. The second-order valence-electron chi connectivity index (χ2n) is 5.22. The third-order valence-corrected chi connectivity index (χ3v) is 3.53. The van der Waals surface area contributed by atoms with Crippen LogP contribution in [0.5, 0.6) is 0 Å². The van der Waals surface area contributed by atoms with Crippen molar-refractivity contribution in [2.75, 3.05) is 19.6 Å². The smallest absolute Gasteiger partial charge is 0.0283 e. The first kappa shape index (κ1) is 9.47. The monoisotopic (exact) mass is 182 g/mol. The Balaban J connectivity index is 1.78. The van der Waals surface area contributed by atoms with E-state index in [1.807, 2.05) is 0 Å². The molecule has 0 bridgehead atoms. The molecule has 0 amide bonds. The molecule has 1 aliphatic carbocycles. The van der Waals surface area contributed by atoms with Gasteiger partial charge in [-0.1, -0.05) is 26.2 Å². The van der Waals surface area contributed by atoms with Crippen molar-refractivity contribution in [2.24, 2.45) is 11.7 Å². The summed E-state index contributed by atoms with van der Waals surface area (Å²) >= 11 is 0. The van der Waals surface area contributed by atoms with E-state index in [1.54, 1.807) is 0 Å². The summed E-state index contributed by atoms with van der Waals surface area (Å²) in [5.41, 5.74) is 6.54. The lowest BCUT2D eigenvalue weighted by Crippen LogP contribution is -2.57. The first-order valence-corrected chi connectivity index (χ1v) is 5.69. The van der Waals surface area contributed by atoms with Gasteiger partial charge in [-0.3, -0.25) is 0 Å². The van der Waals surface area contributed by atoms with Gasteiger partial charge in [0.1, 0.15) is 0 Å². The molecule has 2 fully saturated rings. The molecule has 2 N–H and O–H groups in total. The maximum atomic E-state index is 6.37. The van der Waals surface area contributed by atoms with Crippen LogP contribution in [0.1, 0.15) is 39.0 Å². The molecule has 0 aromatic rings. The number of hydrogen-bond acceptors (Lipinski definition) is 2. The molecule has 0 spiro atoms. The molecule has 0 aromatic heterocycles. The Morgan fingerprint density at radius 2 is 1.85 bits per heavy atom. The van der Waals surface area contributed by atoms with E-state index in [4.69, 9.17) is 5.73 Å². The van der Waals surface area contributed by atoms with E-state index in [1.165, 1.54) is 45.2 Å². The van der Waals surface area contributed by atoms with E-state index in [0.29, 0.717) is 0 Å². The molecule has 2 rings (SSSR count). The largest absolute Gasteiger partial charge is 0.324 e. The fourth-order valence-electron chi connectivity index (χ4n) is 2.82. The van der Waals surface area contributed by atoms with E-state index < -0.39 is 0 Å². The van der Waals surface area contributed by atoms with Crippen molar-refractivity contribution in [3.63, 3.8) is 0 Å². The maximum Gasteiger partial charge on any atom is 0.0283 e. The van der Waals surface area contributed by atoms with Crippen LogP contribution in [0.3, 0.4) is 0 Å². The molecule has 76 valence electrons. The summed E-state index contributed by atoms with van der Waals surface area (Å²) in [6, 6.07) is 0. The minimum Gasteiger partial charge on any atom is -0.324 e. The van der Waals surface area contributed by atoms with E-state index >= 15 is 0 Å². The third kappa shape index (κ3) is 2.23. The minimum absolute atomic E-state index is 0.165. The molecule has 0 aromatic carbocycles. The fraction of sp³-hybridized carbons (Fsp3) is 1.00. The van der Waals surface area contributed by atoms with Crippen LogP contribution in [0.2, 0.25) is 0 Å². The van der Waals surface area contributed by atoms with Gasteiger partial charge in [-0.2, -0.15) is 0 Å². The second kappa shape index (κ2) is 3.58. The highest BCUT2D eigenvalue weighted by atomic mass is 15.2. The van der Waals surface area contributed by atoms with E-state index in [-0.39, 0.29) is 5.54 Å². The molecule has 2 nitrogen and oxygen atoms in total. The molecule has 1 saturated heterocycles. The normalized spacial score (nSPS) is 30.0. The molecule has 1 saturated carbocycles. The second-order valence-corrected chi connectivity index (χ2v) is 5.22. The molecular weight excluding hydrogens is 160 g/mol. The Kier molecular flexibility index (Phi) is 2.61. The Bertz CT molecular complexity index is 167. The van der Waals surface area contributed by atoms with Crippen LogP contribution >= 0.6 is 0 Å². The molecule has 1 aliphatic heterocycles. The van der Waals surface area contributed by atoms with Crippen LogP contribution in [0, 0.1) is 5.92 Å². The minimum atomic E-state index is 0.165. The molecular formula is C11H22N2. The summed E-state index contributed by atoms with van der Waals surface area (Å²) in [5.74, 6) is 0.909. The van der Waals surface area contributed by atoms with Gasteiger partial charge >= 0.3 is 0 Å². The molecule has 0 radical (unpaired) electrons. The van der Waals surface area contributed by atoms with E-state index in [2.05, 4.69) is 11.8 Å². The molecule has 0 unspecified atom stereocenters. The van der Waals surface area contributed by atoms with E-state index in [0.717, 1.165) is 12.5 Å². The zero-order chi connectivity index (χ0) is 9.31. The van der Waals surface area contributed by atoms with Crippen molar-refractivity contribution in [3.05, 3.63) is 0 Å². The van der Waals surface area contributed by atoms with Crippen molar-refractivity contribution < 1.29 is 0 Å². The van der Waals surface area contributed by atoms with Crippen molar-refractivity contribution >= 4 is 0 Å². The highest BCUT2D eigenvalue weighted by molar-refractivity contribution is 4.92. The summed E-state index contributed by atoms with van der Waals surface area (Å²) in [7, 11) is 0. The van der Waals surface area contributed by atoms with Gasteiger partial charge in [0.25, 0.3) is 0 Å². The average Bonchev–Trinajstić information content (AvgIpc) is 2.02. The predicted molar refractivity (Wildman–Crippen MR) is 55.6 cm³/mol. The average molecular weight is 182 g/mol. The maximum absolute atomic E-state index is 6.37. The first-order chi connectivity index (χ1) is 6.18. The highest BCUT2D eigenvalue weighted by Crippen LogP contribution is 2.28. The Labute approximate surface area is 81.5 Å². The van der Waals surface area contributed by atoms with Crippen molar-refractivity contribution in [2.45, 2.75) is 44.6 Å². The van der Waals surface area contributed by atoms with Crippen LogP contribution in [0.4, 0.5) is 0 Å². The van der Waals surface area contributed by atoms with Crippen LogP contribution in [-0.2, 0) is 0 Å². The van der Waals surface area contributed by atoms with Gasteiger partial charge in [0.05, 0.1) is 0 Å². The molecule has 1 heterocycles. The topological polar surface area (TPSA) is 29.3 Å². The van der Waals surface area contributed by atoms with Gasteiger partial charge in [0.2, 0.25) is 0 Å².